The largest absolute Gasteiger partial charge is 0.392 e. The predicted octanol–water partition coefficient (Wildman–Crippen LogP) is 2.67. The summed E-state index contributed by atoms with van der Waals surface area (Å²) in [5, 5.41) is 20.7. The lowest BCUT2D eigenvalue weighted by atomic mass is 10.1. The highest BCUT2D eigenvalue weighted by Gasteiger charge is 2.02. The Labute approximate surface area is 111 Å². The van der Waals surface area contributed by atoms with Crippen LogP contribution < -0.4 is 5.32 Å². The van der Waals surface area contributed by atoms with Crippen LogP contribution in [0, 0.1) is 0 Å². The molecule has 3 rings (SSSR count). The molecule has 2 aromatic carbocycles. The molecular formula is C15H15N3O. The van der Waals surface area contributed by atoms with Gasteiger partial charge in [-0.25, -0.2) is 0 Å². The molecule has 3 aromatic rings. The summed E-state index contributed by atoms with van der Waals surface area (Å²) in [5.74, 6) is 0. The summed E-state index contributed by atoms with van der Waals surface area (Å²) in [6, 6.07) is 13.9. The molecule has 0 unspecified atom stereocenters. The molecule has 1 aromatic heterocycles. The molecular weight excluding hydrogens is 238 g/mol. The van der Waals surface area contributed by atoms with E-state index >= 15 is 0 Å². The van der Waals surface area contributed by atoms with Crippen LogP contribution in [0.25, 0.3) is 10.9 Å². The normalized spacial score (nSPS) is 10.8. The number of nitrogens with one attached hydrogen (secondary N) is 2. The molecule has 4 heteroatoms. The van der Waals surface area contributed by atoms with Crippen LogP contribution in [0.5, 0.6) is 0 Å². The lowest BCUT2D eigenvalue weighted by molar-refractivity contribution is 0.282. The average Bonchev–Trinajstić information content (AvgIpc) is 2.94. The summed E-state index contributed by atoms with van der Waals surface area (Å²) >= 11 is 0. The van der Waals surface area contributed by atoms with Crippen molar-refractivity contribution in [2.75, 3.05) is 5.32 Å². The van der Waals surface area contributed by atoms with Crippen LogP contribution >= 0.6 is 0 Å². The molecule has 4 nitrogen and oxygen atoms in total. The van der Waals surface area contributed by atoms with Crippen molar-refractivity contribution in [1.82, 2.24) is 10.2 Å². The third kappa shape index (κ3) is 2.44. The van der Waals surface area contributed by atoms with Gasteiger partial charge in [-0.05, 0) is 23.3 Å². The highest BCUT2D eigenvalue weighted by atomic mass is 16.3. The molecule has 96 valence electrons. The first-order valence-corrected chi connectivity index (χ1v) is 6.21. The van der Waals surface area contributed by atoms with E-state index in [1.54, 1.807) is 0 Å². The summed E-state index contributed by atoms with van der Waals surface area (Å²) in [6.45, 7) is 0.778. The number of hydrogen-bond acceptors (Lipinski definition) is 3. The molecule has 0 aliphatic carbocycles. The average molecular weight is 253 g/mol. The van der Waals surface area contributed by atoms with Gasteiger partial charge in [0.15, 0.2) is 0 Å². The molecule has 0 saturated heterocycles. The molecule has 0 fully saturated rings. The van der Waals surface area contributed by atoms with Crippen LogP contribution in [0.3, 0.4) is 0 Å². The Morgan fingerprint density at radius 2 is 2.05 bits per heavy atom. The molecule has 0 amide bonds. The second-order valence-corrected chi connectivity index (χ2v) is 4.46. The minimum atomic E-state index is 0.0612. The monoisotopic (exact) mass is 253 g/mol. The van der Waals surface area contributed by atoms with Crippen molar-refractivity contribution in [3.05, 3.63) is 59.8 Å². The number of hydrogen-bond donors (Lipinski definition) is 3. The van der Waals surface area contributed by atoms with Crippen LogP contribution in [0.15, 0.2) is 48.7 Å². The Morgan fingerprint density at radius 3 is 2.95 bits per heavy atom. The zero-order chi connectivity index (χ0) is 13.1. The maximum absolute atomic E-state index is 9.12. The molecule has 0 saturated carbocycles. The maximum atomic E-state index is 9.12. The number of nitrogens with zero attached hydrogens (tertiary/aromatic N) is 1. The van der Waals surface area contributed by atoms with E-state index in [2.05, 4.69) is 21.6 Å². The van der Waals surface area contributed by atoms with Gasteiger partial charge in [0, 0.05) is 17.6 Å². The first-order valence-electron chi connectivity index (χ1n) is 6.21. The molecule has 0 aliphatic heterocycles. The van der Waals surface area contributed by atoms with Crippen molar-refractivity contribution in [2.45, 2.75) is 13.2 Å². The van der Waals surface area contributed by atoms with Crippen molar-refractivity contribution in [3.63, 3.8) is 0 Å². The molecule has 19 heavy (non-hydrogen) atoms. The molecule has 0 atom stereocenters. The Hall–Kier alpha value is -2.33. The summed E-state index contributed by atoms with van der Waals surface area (Å²) < 4.78 is 0. The van der Waals surface area contributed by atoms with Crippen LogP contribution in [0.2, 0.25) is 0 Å². The van der Waals surface area contributed by atoms with Crippen molar-refractivity contribution in [2.24, 2.45) is 0 Å². The number of fused-ring (bicyclic) bond motifs is 1. The number of benzene rings is 2. The molecule has 0 radical (unpaired) electrons. The Morgan fingerprint density at radius 1 is 1.16 bits per heavy atom. The minimum absolute atomic E-state index is 0.0612. The second-order valence-electron chi connectivity index (χ2n) is 4.46. The smallest absolute Gasteiger partial charge is 0.0700 e. The number of aromatic nitrogens is 2. The van der Waals surface area contributed by atoms with Gasteiger partial charge in [-0.2, -0.15) is 5.10 Å². The van der Waals surface area contributed by atoms with Crippen molar-refractivity contribution >= 4 is 16.6 Å². The van der Waals surface area contributed by atoms with Crippen molar-refractivity contribution in [1.29, 1.82) is 0 Å². The van der Waals surface area contributed by atoms with Gasteiger partial charge in [0.05, 0.1) is 18.3 Å². The third-order valence-corrected chi connectivity index (χ3v) is 3.16. The molecule has 0 bridgehead atoms. The summed E-state index contributed by atoms with van der Waals surface area (Å²) in [4.78, 5) is 0. The number of H-pyrrole nitrogens is 1. The molecule has 3 N–H and O–H groups in total. The van der Waals surface area contributed by atoms with E-state index in [1.807, 2.05) is 42.6 Å². The minimum Gasteiger partial charge on any atom is -0.392 e. The number of rotatable bonds is 4. The fourth-order valence-corrected chi connectivity index (χ4v) is 2.15. The number of anilines is 1. The topological polar surface area (TPSA) is 60.9 Å². The third-order valence-electron chi connectivity index (χ3n) is 3.16. The Balaban J connectivity index is 1.80. The van der Waals surface area contributed by atoms with Crippen molar-refractivity contribution < 1.29 is 5.11 Å². The number of aromatic amines is 1. The van der Waals surface area contributed by atoms with Gasteiger partial charge in [-0.3, -0.25) is 5.10 Å². The van der Waals surface area contributed by atoms with Gasteiger partial charge < -0.3 is 10.4 Å². The highest BCUT2D eigenvalue weighted by molar-refractivity contribution is 5.81. The van der Waals surface area contributed by atoms with E-state index in [4.69, 9.17) is 5.11 Å². The van der Waals surface area contributed by atoms with E-state index in [-0.39, 0.29) is 6.61 Å². The van der Waals surface area contributed by atoms with Gasteiger partial charge in [0.2, 0.25) is 0 Å². The Kier molecular flexibility index (Phi) is 3.16. The quantitative estimate of drug-likeness (QED) is 0.670. The lowest BCUT2D eigenvalue weighted by Crippen LogP contribution is -2.00. The van der Waals surface area contributed by atoms with Gasteiger partial charge in [0.1, 0.15) is 0 Å². The van der Waals surface area contributed by atoms with Gasteiger partial charge in [0.25, 0.3) is 0 Å². The van der Waals surface area contributed by atoms with E-state index in [0.29, 0.717) is 6.54 Å². The summed E-state index contributed by atoms with van der Waals surface area (Å²) in [5.41, 5.74) is 4.14. The summed E-state index contributed by atoms with van der Waals surface area (Å²) in [6.07, 6.45) is 1.82. The lowest BCUT2D eigenvalue weighted by Gasteiger charge is -2.08. The zero-order valence-electron chi connectivity index (χ0n) is 10.4. The van der Waals surface area contributed by atoms with Crippen molar-refractivity contribution in [3.8, 4) is 0 Å². The van der Waals surface area contributed by atoms with E-state index in [1.165, 1.54) is 5.56 Å². The van der Waals surface area contributed by atoms with Gasteiger partial charge in [-0.15, -0.1) is 0 Å². The number of para-hydroxylation sites is 1. The Bertz CT molecular complexity index is 690. The van der Waals surface area contributed by atoms with Crippen LogP contribution in [0.1, 0.15) is 11.1 Å². The standard InChI is InChI=1S/C15H15N3O/c19-10-11-3-1-6-14(7-11)16-8-12-4-2-5-13-9-17-18-15(12)13/h1-7,9,16,19H,8,10H2,(H,17,18). The molecule has 0 spiro atoms. The van der Waals surface area contributed by atoms with E-state index in [9.17, 15) is 0 Å². The fraction of sp³-hybridized carbons (Fsp3) is 0.133. The first kappa shape index (κ1) is 11.7. The van der Waals surface area contributed by atoms with Crippen LogP contribution in [-0.4, -0.2) is 15.3 Å². The van der Waals surface area contributed by atoms with Crippen LogP contribution in [-0.2, 0) is 13.2 Å². The van der Waals surface area contributed by atoms with E-state index in [0.717, 1.165) is 22.2 Å². The van der Waals surface area contributed by atoms with E-state index < -0.39 is 0 Å². The molecule has 0 aliphatic rings. The SMILES string of the molecule is OCc1cccc(NCc2cccc3cn[nH]c23)c1. The first-order chi connectivity index (χ1) is 9.36. The highest BCUT2D eigenvalue weighted by Crippen LogP contribution is 2.18. The number of aliphatic hydroxyl groups is 1. The van der Waals surface area contributed by atoms with Gasteiger partial charge in [-0.1, -0.05) is 30.3 Å². The van der Waals surface area contributed by atoms with Crippen LogP contribution in [0.4, 0.5) is 5.69 Å². The number of aliphatic hydroxyl groups excluding tert-OH is 1. The predicted molar refractivity (Wildman–Crippen MR) is 75.8 cm³/mol. The zero-order valence-corrected chi connectivity index (χ0v) is 10.4. The maximum Gasteiger partial charge on any atom is 0.0700 e. The fourth-order valence-electron chi connectivity index (χ4n) is 2.15. The van der Waals surface area contributed by atoms with Gasteiger partial charge >= 0.3 is 0 Å². The summed E-state index contributed by atoms with van der Waals surface area (Å²) in [7, 11) is 0. The second kappa shape index (κ2) is 5.12. The molecule has 1 heterocycles.